The van der Waals surface area contributed by atoms with Crippen molar-refractivity contribution < 1.29 is 9.32 Å². The molecule has 28 heavy (non-hydrogen) atoms. The Labute approximate surface area is 162 Å². The summed E-state index contributed by atoms with van der Waals surface area (Å²) in [7, 11) is 0. The molecule has 0 saturated carbocycles. The van der Waals surface area contributed by atoms with Crippen LogP contribution in [-0.2, 0) is 17.8 Å². The van der Waals surface area contributed by atoms with Crippen LogP contribution in [0.2, 0.25) is 0 Å². The third-order valence-electron chi connectivity index (χ3n) is 4.56. The zero-order chi connectivity index (χ0) is 19.7. The van der Waals surface area contributed by atoms with E-state index < -0.39 is 0 Å². The summed E-state index contributed by atoms with van der Waals surface area (Å²) in [4.78, 5) is 21.7. The molecule has 0 bridgehead atoms. The quantitative estimate of drug-likeness (QED) is 0.576. The SMILES string of the molecule is Cc1cc(Cn2c(C)cc3nc(NC(=O)Cc4ccccc4)c(C)nc32)on1. The van der Waals surface area contributed by atoms with E-state index in [4.69, 9.17) is 4.52 Å². The van der Waals surface area contributed by atoms with Gasteiger partial charge in [-0.05, 0) is 32.4 Å². The van der Waals surface area contributed by atoms with E-state index in [1.165, 1.54) is 0 Å². The fourth-order valence-electron chi connectivity index (χ4n) is 3.18. The van der Waals surface area contributed by atoms with Crippen molar-refractivity contribution in [2.75, 3.05) is 5.32 Å². The van der Waals surface area contributed by atoms with E-state index in [-0.39, 0.29) is 5.91 Å². The van der Waals surface area contributed by atoms with Gasteiger partial charge in [0.25, 0.3) is 0 Å². The third-order valence-corrected chi connectivity index (χ3v) is 4.56. The molecule has 0 aliphatic carbocycles. The minimum Gasteiger partial charge on any atom is -0.359 e. The van der Waals surface area contributed by atoms with Gasteiger partial charge in [0.05, 0.1) is 24.4 Å². The number of hydrogen-bond acceptors (Lipinski definition) is 5. The fourth-order valence-corrected chi connectivity index (χ4v) is 3.18. The highest BCUT2D eigenvalue weighted by Crippen LogP contribution is 2.22. The van der Waals surface area contributed by atoms with Crippen LogP contribution >= 0.6 is 0 Å². The highest BCUT2D eigenvalue weighted by Gasteiger charge is 2.15. The first-order valence-electron chi connectivity index (χ1n) is 9.10. The maximum absolute atomic E-state index is 12.4. The van der Waals surface area contributed by atoms with E-state index in [1.807, 2.05) is 67.8 Å². The van der Waals surface area contributed by atoms with Crippen molar-refractivity contribution in [3.05, 3.63) is 70.9 Å². The van der Waals surface area contributed by atoms with Gasteiger partial charge in [0.2, 0.25) is 5.91 Å². The Bertz CT molecular complexity index is 1140. The number of aromatic nitrogens is 4. The number of rotatable bonds is 5. The van der Waals surface area contributed by atoms with E-state index in [1.54, 1.807) is 0 Å². The lowest BCUT2D eigenvalue weighted by Crippen LogP contribution is -2.17. The Morgan fingerprint density at radius 3 is 2.61 bits per heavy atom. The van der Waals surface area contributed by atoms with Gasteiger partial charge >= 0.3 is 0 Å². The molecule has 4 rings (SSSR count). The van der Waals surface area contributed by atoms with Crippen LogP contribution in [0, 0.1) is 20.8 Å². The van der Waals surface area contributed by atoms with Crippen LogP contribution in [0.1, 0.15) is 28.4 Å². The Kier molecular flexibility index (Phi) is 4.65. The van der Waals surface area contributed by atoms with Crippen LogP contribution < -0.4 is 5.32 Å². The first kappa shape index (κ1) is 17.9. The topological polar surface area (TPSA) is 85.8 Å². The van der Waals surface area contributed by atoms with Crippen LogP contribution in [-0.4, -0.2) is 25.6 Å². The number of aryl methyl sites for hydroxylation is 3. The number of nitrogens with one attached hydrogen (secondary N) is 1. The van der Waals surface area contributed by atoms with E-state index in [9.17, 15) is 4.79 Å². The highest BCUT2D eigenvalue weighted by molar-refractivity contribution is 5.92. The lowest BCUT2D eigenvalue weighted by molar-refractivity contribution is -0.115. The van der Waals surface area contributed by atoms with E-state index >= 15 is 0 Å². The molecule has 3 heterocycles. The molecule has 0 spiro atoms. The van der Waals surface area contributed by atoms with Crippen molar-refractivity contribution >= 4 is 22.9 Å². The molecule has 142 valence electrons. The lowest BCUT2D eigenvalue weighted by Gasteiger charge is -2.09. The molecule has 7 nitrogen and oxygen atoms in total. The van der Waals surface area contributed by atoms with Gasteiger partial charge in [0.15, 0.2) is 17.2 Å². The van der Waals surface area contributed by atoms with Crippen LogP contribution in [0.3, 0.4) is 0 Å². The average molecular weight is 375 g/mol. The molecule has 0 aliphatic heterocycles. The monoisotopic (exact) mass is 375 g/mol. The number of nitrogens with zero attached hydrogens (tertiary/aromatic N) is 4. The van der Waals surface area contributed by atoms with Crippen molar-refractivity contribution in [3.8, 4) is 0 Å². The van der Waals surface area contributed by atoms with Crippen LogP contribution in [0.5, 0.6) is 0 Å². The second kappa shape index (κ2) is 7.26. The van der Waals surface area contributed by atoms with Gasteiger partial charge in [0.1, 0.15) is 5.52 Å². The fraction of sp³-hybridized carbons (Fsp3) is 0.238. The molecule has 1 amide bonds. The van der Waals surface area contributed by atoms with Crippen LogP contribution in [0.15, 0.2) is 47.0 Å². The number of hydrogen-bond donors (Lipinski definition) is 1. The molecule has 0 atom stereocenters. The highest BCUT2D eigenvalue weighted by atomic mass is 16.5. The summed E-state index contributed by atoms with van der Waals surface area (Å²) in [5.41, 5.74) is 4.96. The maximum atomic E-state index is 12.4. The predicted molar refractivity (Wildman–Crippen MR) is 106 cm³/mol. The largest absolute Gasteiger partial charge is 0.359 e. The van der Waals surface area contributed by atoms with Gasteiger partial charge in [-0.15, -0.1) is 0 Å². The molecule has 0 radical (unpaired) electrons. The zero-order valence-electron chi connectivity index (χ0n) is 16.1. The maximum Gasteiger partial charge on any atom is 0.229 e. The predicted octanol–water partition coefficient (Wildman–Crippen LogP) is 3.57. The first-order valence-corrected chi connectivity index (χ1v) is 9.10. The second-order valence-electron chi connectivity index (χ2n) is 6.88. The van der Waals surface area contributed by atoms with Gasteiger partial charge < -0.3 is 14.4 Å². The summed E-state index contributed by atoms with van der Waals surface area (Å²) < 4.78 is 7.36. The summed E-state index contributed by atoms with van der Waals surface area (Å²) >= 11 is 0. The minimum absolute atomic E-state index is 0.115. The molecule has 0 aliphatic rings. The van der Waals surface area contributed by atoms with E-state index in [2.05, 4.69) is 20.4 Å². The molecule has 0 saturated heterocycles. The number of carbonyl (C=O) groups is 1. The Hall–Kier alpha value is -3.48. The Morgan fingerprint density at radius 2 is 1.89 bits per heavy atom. The number of fused-ring (bicyclic) bond motifs is 1. The summed E-state index contributed by atoms with van der Waals surface area (Å²) in [6.07, 6.45) is 0.297. The van der Waals surface area contributed by atoms with Crippen molar-refractivity contribution in [1.29, 1.82) is 0 Å². The summed E-state index contributed by atoms with van der Waals surface area (Å²) in [5, 5.41) is 6.82. The number of amides is 1. The standard InChI is InChI=1S/C21H21N5O2/c1-13-9-17(28-25-13)12-26-14(2)10-18-21(26)22-15(3)20(23-18)24-19(27)11-16-7-5-4-6-8-16/h4-10H,11-12H2,1-3H3,(H,23,24,27). The molecule has 1 N–H and O–H groups in total. The van der Waals surface area contributed by atoms with Crippen molar-refractivity contribution in [3.63, 3.8) is 0 Å². The van der Waals surface area contributed by atoms with Gasteiger partial charge in [-0.25, -0.2) is 9.97 Å². The summed E-state index contributed by atoms with van der Waals surface area (Å²) in [6, 6.07) is 13.5. The van der Waals surface area contributed by atoms with Gasteiger partial charge in [-0.3, -0.25) is 4.79 Å². The van der Waals surface area contributed by atoms with Crippen molar-refractivity contribution in [2.45, 2.75) is 33.7 Å². The second-order valence-corrected chi connectivity index (χ2v) is 6.88. The molecular formula is C21H21N5O2. The van der Waals surface area contributed by atoms with Crippen molar-refractivity contribution in [1.82, 2.24) is 19.7 Å². The van der Waals surface area contributed by atoms with Gasteiger partial charge in [-0.2, -0.15) is 0 Å². The first-order chi connectivity index (χ1) is 13.5. The lowest BCUT2D eigenvalue weighted by atomic mass is 10.1. The molecule has 0 unspecified atom stereocenters. The van der Waals surface area contributed by atoms with Crippen LogP contribution in [0.4, 0.5) is 5.82 Å². The molecule has 7 heteroatoms. The molecule has 4 aromatic rings. The van der Waals surface area contributed by atoms with Gasteiger partial charge in [-0.1, -0.05) is 35.5 Å². The van der Waals surface area contributed by atoms with E-state index in [0.717, 1.165) is 33.9 Å². The smallest absolute Gasteiger partial charge is 0.229 e. The van der Waals surface area contributed by atoms with Gasteiger partial charge in [0, 0.05) is 11.8 Å². The van der Waals surface area contributed by atoms with Crippen LogP contribution in [0.25, 0.3) is 11.2 Å². The molecule has 0 fully saturated rings. The number of carbonyl (C=O) groups excluding carboxylic acids is 1. The third kappa shape index (κ3) is 3.64. The average Bonchev–Trinajstić information content (AvgIpc) is 3.20. The summed E-state index contributed by atoms with van der Waals surface area (Å²) in [6.45, 7) is 6.26. The normalized spacial score (nSPS) is 11.1. The minimum atomic E-state index is -0.115. The zero-order valence-corrected chi connectivity index (χ0v) is 16.1. The van der Waals surface area contributed by atoms with E-state index in [0.29, 0.717) is 24.5 Å². The molecule has 3 aromatic heterocycles. The Morgan fingerprint density at radius 1 is 1.11 bits per heavy atom. The van der Waals surface area contributed by atoms with Crippen molar-refractivity contribution in [2.24, 2.45) is 0 Å². The Balaban J connectivity index is 1.59. The summed E-state index contributed by atoms with van der Waals surface area (Å²) in [5.74, 6) is 1.13. The molecular weight excluding hydrogens is 354 g/mol. The number of anilines is 1. The number of benzene rings is 1. The molecule has 1 aromatic carbocycles.